The molecule has 0 radical (unpaired) electrons. The van der Waals surface area contributed by atoms with Crippen molar-refractivity contribution in [3.63, 3.8) is 0 Å². The first-order chi connectivity index (χ1) is 14.1. The van der Waals surface area contributed by atoms with Gasteiger partial charge in [-0.05, 0) is 62.8 Å². The van der Waals surface area contributed by atoms with E-state index >= 15 is 0 Å². The Balaban J connectivity index is 0.000000222. The van der Waals surface area contributed by atoms with Crippen LogP contribution in [0.25, 0.3) is 0 Å². The summed E-state index contributed by atoms with van der Waals surface area (Å²) in [5, 5.41) is 9.00. The number of ether oxygens (including phenoxy) is 3. The lowest BCUT2D eigenvalue weighted by Gasteiger charge is -2.11. The number of benzene rings is 2. The number of phenols is 1. The van der Waals surface area contributed by atoms with Crippen LogP contribution in [0.5, 0.6) is 23.0 Å². The molecule has 0 spiro atoms. The molecular weight excluding hydrogens is 554 g/mol. The van der Waals surface area contributed by atoms with E-state index in [1.165, 1.54) is 0 Å². The molecule has 0 unspecified atom stereocenters. The Bertz CT molecular complexity index is 865. The van der Waals surface area contributed by atoms with Crippen LogP contribution in [0.15, 0.2) is 33.2 Å². The SMILES string of the molecule is Fc1cc(Br)c(OCC2CC2)cc1OC(F)F.Oc1cc(OC(F)F)c(F)cc1Br. The minimum atomic E-state index is -3.12. The van der Waals surface area contributed by atoms with Crippen molar-refractivity contribution in [2.45, 2.75) is 26.1 Å². The van der Waals surface area contributed by atoms with Gasteiger partial charge in [-0.15, -0.1) is 0 Å². The van der Waals surface area contributed by atoms with Crippen LogP contribution in [0.1, 0.15) is 12.8 Å². The Hall–Kier alpha value is -1.82. The van der Waals surface area contributed by atoms with E-state index in [0.29, 0.717) is 22.7 Å². The van der Waals surface area contributed by atoms with E-state index in [4.69, 9.17) is 9.84 Å². The zero-order valence-corrected chi connectivity index (χ0v) is 18.0. The number of phenolic OH excluding ortho intramolecular Hbond substituents is 1. The molecule has 1 saturated carbocycles. The Kier molecular flexibility index (Phi) is 8.95. The predicted molar refractivity (Wildman–Crippen MR) is 101 cm³/mol. The molecule has 0 bridgehead atoms. The second-order valence-electron chi connectivity index (χ2n) is 5.96. The molecule has 0 aliphatic heterocycles. The van der Waals surface area contributed by atoms with Gasteiger partial charge in [-0.3, -0.25) is 0 Å². The van der Waals surface area contributed by atoms with Crippen LogP contribution in [0.4, 0.5) is 26.3 Å². The minimum Gasteiger partial charge on any atom is -0.507 e. The van der Waals surface area contributed by atoms with Gasteiger partial charge in [0.05, 0.1) is 15.6 Å². The Morgan fingerprint density at radius 3 is 1.83 bits per heavy atom. The largest absolute Gasteiger partial charge is 0.507 e. The molecule has 0 saturated heterocycles. The van der Waals surface area contributed by atoms with E-state index in [1.807, 2.05) is 0 Å². The van der Waals surface area contributed by atoms with E-state index < -0.39 is 36.4 Å². The monoisotopic (exact) mass is 566 g/mol. The highest BCUT2D eigenvalue weighted by Crippen LogP contribution is 2.35. The summed E-state index contributed by atoms with van der Waals surface area (Å²) < 4.78 is 87.1. The van der Waals surface area contributed by atoms with Crippen LogP contribution < -0.4 is 14.2 Å². The van der Waals surface area contributed by atoms with Crippen molar-refractivity contribution in [2.75, 3.05) is 6.61 Å². The van der Waals surface area contributed by atoms with E-state index in [2.05, 4.69) is 41.3 Å². The molecular formula is C18H14Br2F6O4. The summed E-state index contributed by atoms with van der Waals surface area (Å²) in [7, 11) is 0. The van der Waals surface area contributed by atoms with Crippen molar-refractivity contribution in [1.82, 2.24) is 0 Å². The second-order valence-corrected chi connectivity index (χ2v) is 7.67. The number of halogens is 8. The molecule has 2 aromatic carbocycles. The average molecular weight is 568 g/mol. The lowest BCUT2D eigenvalue weighted by Crippen LogP contribution is -2.05. The number of aromatic hydroxyl groups is 1. The molecule has 0 heterocycles. The van der Waals surface area contributed by atoms with Crippen LogP contribution in [0, 0.1) is 17.6 Å². The molecule has 1 aliphatic rings. The molecule has 3 rings (SSSR count). The normalized spacial score (nSPS) is 13.1. The third-order valence-corrected chi connectivity index (χ3v) is 4.85. The van der Waals surface area contributed by atoms with Crippen LogP contribution in [-0.4, -0.2) is 24.9 Å². The van der Waals surface area contributed by atoms with Gasteiger partial charge in [0.25, 0.3) is 0 Å². The molecule has 1 aliphatic carbocycles. The van der Waals surface area contributed by atoms with E-state index in [-0.39, 0.29) is 10.2 Å². The van der Waals surface area contributed by atoms with Gasteiger partial charge in [-0.1, -0.05) is 0 Å². The van der Waals surface area contributed by atoms with Crippen molar-refractivity contribution in [3.05, 3.63) is 44.8 Å². The molecule has 1 fully saturated rings. The minimum absolute atomic E-state index is 0.0756. The Labute approximate surface area is 184 Å². The molecule has 0 amide bonds. The molecule has 1 N–H and O–H groups in total. The first-order valence-corrected chi connectivity index (χ1v) is 9.85. The third kappa shape index (κ3) is 7.78. The van der Waals surface area contributed by atoms with Crippen molar-refractivity contribution in [1.29, 1.82) is 0 Å². The number of alkyl halides is 4. The second kappa shape index (κ2) is 11.0. The summed E-state index contributed by atoms with van der Waals surface area (Å²) in [6, 6.07) is 3.80. The number of hydrogen-bond donors (Lipinski definition) is 1. The highest BCUT2D eigenvalue weighted by molar-refractivity contribution is 9.10. The van der Waals surface area contributed by atoms with Gasteiger partial charge in [0.1, 0.15) is 11.5 Å². The van der Waals surface area contributed by atoms with Gasteiger partial charge in [-0.2, -0.15) is 17.6 Å². The zero-order valence-electron chi connectivity index (χ0n) is 14.9. The Morgan fingerprint density at radius 2 is 1.33 bits per heavy atom. The maximum Gasteiger partial charge on any atom is 0.387 e. The van der Waals surface area contributed by atoms with Crippen molar-refractivity contribution < 1.29 is 45.7 Å². The molecule has 2 aromatic rings. The quantitative estimate of drug-likeness (QED) is 0.371. The molecule has 0 atom stereocenters. The summed E-state index contributed by atoms with van der Waals surface area (Å²) in [6.45, 7) is -5.66. The lowest BCUT2D eigenvalue weighted by molar-refractivity contribution is -0.0529. The summed E-state index contributed by atoms with van der Waals surface area (Å²) in [6.07, 6.45) is 2.22. The first-order valence-electron chi connectivity index (χ1n) is 8.26. The highest BCUT2D eigenvalue weighted by atomic mass is 79.9. The van der Waals surface area contributed by atoms with Gasteiger partial charge in [0.15, 0.2) is 23.1 Å². The maximum absolute atomic E-state index is 13.3. The van der Waals surface area contributed by atoms with Crippen LogP contribution >= 0.6 is 31.9 Å². The van der Waals surface area contributed by atoms with Crippen LogP contribution in [-0.2, 0) is 0 Å². The van der Waals surface area contributed by atoms with E-state index in [1.54, 1.807) is 0 Å². The molecule has 30 heavy (non-hydrogen) atoms. The smallest absolute Gasteiger partial charge is 0.387 e. The topological polar surface area (TPSA) is 47.9 Å². The predicted octanol–water partition coefficient (Wildman–Crippen LogP) is 6.87. The van der Waals surface area contributed by atoms with Crippen molar-refractivity contribution in [3.8, 4) is 23.0 Å². The lowest BCUT2D eigenvalue weighted by atomic mass is 10.3. The highest BCUT2D eigenvalue weighted by Gasteiger charge is 2.23. The van der Waals surface area contributed by atoms with E-state index in [0.717, 1.165) is 37.1 Å². The summed E-state index contributed by atoms with van der Waals surface area (Å²) in [5.74, 6) is -2.54. The average Bonchev–Trinajstić information content (AvgIpc) is 3.45. The van der Waals surface area contributed by atoms with Gasteiger partial charge < -0.3 is 19.3 Å². The summed E-state index contributed by atoms with van der Waals surface area (Å²) in [4.78, 5) is 0. The molecule has 12 heteroatoms. The van der Waals surface area contributed by atoms with Crippen molar-refractivity contribution >= 4 is 31.9 Å². The zero-order chi connectivity index (χ0) is 22.4. The third-order valence-electron chi connectivity index (χ3n) is 3.59. The standard InChI is InChI=1S/C11H10BrF3O2.C7H4BrF3O2/c12-7-3-8(13)10(17-11(14)15)4-9(7)16-5-6-1-2-6;8-3-1-4(9)6(2-5(3)12)13-7(10)11/h3-4,6,11H,1-2,5H2;1-2,7,12H. The summed E-state index contributed by atoms with van der Waals surface area (Å²) in [5.41, 5.74) is 0. The fraction of sp³-hybridized carbons (Fsp3) is 0.333. The maximum atomic E-state index is 13.3. The molecule has 4 nitrogen and oxygen atoms in total. The summed E-state index contributed by atoms with van der Waals surface area (Å²) >= 11 is 5.92. The Morgan fingerprint density at radius 1 is 0.833 bits per heavy atom. The number of hydrogen-bond acceptors (Lipinski definition) is 4. The van der Waals surface area contributed by atoms with Crippen LogP contribution in [0.2, 0.25) is 0 Å². The van der Waals surface area contributed by atoms with Gasteiger partial charge in [-0.25, -0.2) is 8.78 Å². The molecule has 166 valence electrons. The number of rotatable bonds is 7. The fourth-order valence-corrected chi connectivity index (χ4v) is 2.75. The fourth-order valence-electron chi connectivity index (χ4n) is 2.00. The van der Waals surface area contributed by atoms with Gasteiger partial charge in [0, 0.05) is 12.1 Å². The molecule has 0 aromatic heterocycles. The van der Waals surface area contributed by atoms with E-state index in [9.17, 15) is 26.3 Å². The van der Waals surface area contributed by atoms with Crippen molar-refractivity contribution in [2.24, 2.45) is 5.92 Å². The van der Waals surface area contributed by atoms with Crippen LogP contribution in [0.3, 0.4) is 0 Å². The first kappa shape index (κ1) is 24.4. The van der Waals surface area contributed by atoms with Gasteiger partial charge >= 0.3 is 13.2 Å². The van der Waals surface area contributed by atoms with Gasteiger partial charge in [0.2, 0.25) is 0 Å².